The van der Waals surface area contributed by atoms with E-state index in [2.05, 4.69) is 12.2 Å². The summed E-state index contributed by atoms with van der Waals surface area (Å²) in [6, 6.07) is 4.71. The van der Waals surface area contributed by atoms with Gasteiger partial charge in [-0.05, 0) is 63.0 Å². The maximum Gasteiger partial charge on any atom is 0.123 e. The van der Waals surface area contributed by atoms with Crippen LogP contribution in [0.2, 0.25) is 0 Å². The lowest BCUT2D eigenvalue weighted by Gasteiger charge is -2.24. The number of halogens is 1. The molecule has 1 rings (SSSR count). The van der Waals surface area contributed by atoms with E-state index in [0.717, 1.165) is 25.1 Å². The first-order valence-electron chi connectivity index (χ1n) is 6.16. The minimum Gasteiger partial charge on any atom is -0.385 e. The second-order valence-electron chi connectivity index (χ2n) is 4.79. The molecule has 0 amide bonds. The van der Waals surface area contributed by atoms with Gasteiger partial charge < -0.3 is 10.4 Å². The highest BCUT2D eigenvalue weighted by atomic mass is 19.1. The molecule has 2 nitrogen and oxygen atoms in total. The lowest BCUT2D eigenvalue weighted by atomic mass is 9.91. The summed E-state index contributed by atoms with van der Waals surface area (Å²) in [5, 5.41) is 13.6. The van der Waals surface area contributed by atoms with Gasteiger partial charge in [0.25, 0.3) is 0 Å². The normalized spacial score (nSPS) is 14.6. The fourth-order valence-corrected chi connectivity index (χ4v) is 1.83. The van der Waals surface area contributed by atoms with Gasteiger partial charge in [-0.2, -0.15) is 0 Å². The van der Waals surface area contributed by atoms with Gasteiger partial charge in [0.15, 0.2) is 0 Å². The molecule has 0 aromatic heterocycles. The van der Waals surface area contributed by atoms with Crippen molar-refractivity contribution in [2.24, 2.45) is 0 Å². The molecule has 0 spiro atoms. The van der Waals surface area contributed by atoms with Crippen molar-refractivity contribution in [3.05, 3.63) is 35.1 Å². The lowest BCUT2D eigenvalue weighted by Crippen LogP contribution is -2.28. The first-order chi connectivity index (χ1) is 7.95. The van der Waals surface area contributed by atoms with Crippen LogP contribution in [0, 0.1) is 12.7 Å². The van der Waals surface area contributed by atoms with E-state index in [-0.39, 0.29) is 5.82 Å². The van der Waals surface area contributed by atoms with Gasteiger partial charge in [0, 0.05) is 0 Å². The van der Waals surface area contributed by atoms with Crippen molar-refractivity contribution in [1.82, 2.24) is 5.32 Å². The number of rotatable bonds is 6. The minimum absolute atomic E-state index is 0.290. The van der Waals surface area contributed by atoms with Gasteiger partial charge in [0.05, 0.1) is 5.60 Å². The van der Waals surface area contributed by atoms with Gasteiger partial charge in [0.1, 0.15) is 5.82 Å². The predicted molar refractivity (Wildman–Crippen MR) is 68.5 cm³/mol. The second kappa shape index (κ2) is 6.12. The first-order valence-corrected chi connectivity index (χ1v) is 6.16. The monoisotopic (exact) mass is 239 g/mol. The minimum atomic E-state index is -0.979. The van der Waals surface area contributed by atoms with Crippen LogP contribution < -0.4 is 5.32 Å². The van der Waals surface area contributed by atoms with E-state index < -0.39 is 5.60 Å². The molecule has 0 fully saturated rings. The van der Waals surface area contributed by atoms with E-state index in [1.807, 2.05) is 13.0 Å². The summed E-state index contributed by atoms with van der Waals surface area (Å²) in [4.78, 5) is 0. The Morgan fingerprint density at radius 2 is 2.00 bits per heavy atom. The average Bonchev–Trinajstić information content (AvgIpc) is 2.23. The summed E-state index contributed by atoms with van der Waals surface area (Å²) in [5.41, 5.74) is 0.503. The Bertz CT molecular complexity index is 343. The maximum atomic E-state index is 13.3. The molecule has 0 saturated carbocycles. The summed E-state index contributed by atoms with van der Waals surface area (Å²) >= 11 is 0. The molecule has 1 aromatic rings. The fourth-order valence-electron chi connectivity index (χ4n) is 1.83. The first kappa shape index (κ1) is 14.1. The Hall–Kier alpha value is -0.930. The van der Waals surface area contributed by atoms with Crippen LogP contribution in [-0.4, -0.2) is 18.2 Å². The summed E-state index contributed by atoms with van der Waals surface area (Å²) in [7, 11) is 0. The molecule has 2 N–H and O–H groups in total. The Balaban J connectivity index is 2.67. The van der Waals surface area contributed by atoms with Crippen molar-refractivity contribution < 1.29 is 9.50 Å². The van der Waals surface area contributed by atoms with Crippen LogP contribution in [-0.2, 0) is 5.60 Å². The molecular formula is C14H22FNO. The van der Waals surface area contributed by atoms with E-state index in [9.17, 15) is 9.50 Å². The van der Waals surface area contributed by atoms with E-state index in [4.69, 9.17) is 0 Å². The van der Waals surface area contributed by atoms with Crippen molar-refractivity contribution in [2.45, 2.75) is 39.2 Å². The predicted octanol–water partition coefficient (Wildman–Crippen LogP) is 2.73. The number of hydrogen-bond acceptors (Lipinski definition) is 2. The molecule has 17 heavy (non-hydrogen) atoms. The summed E-state index contributed by atoms with van der Waals surface area (Å²) < 4.78 is 13.3. The number of benzene rings is 1. The number of hydrogen-bond donors (Lipinski definition) is 2. The number of aliphatic hydroxyl groups is 1. The van der Waals surface area contributed by atoms with Gasteiger partial charge in [-0.25, -0.2) is 4.39 Å². The van der Waals surface area contributed by atoms with Gasteiger partial charge in [-0.1, -0.05) is 13.0 Å². The molecule has 0 bridgehead atoms. The third-order valence-electron chi connectivity index (χ3n) is 2.88. The van der Waals surface area contributed by atoms with E-state index >= 15 is 0 Å². The third kappa shape index (κ3) is 4.44. The van der Waals surface area contributed by atoms with E-state index in [1.54, 1.807) is 6.92 Å². The zero-order chi connectivity index (χ0) is 12.9. The van der Waals surface area contributed by atoms with Crippen LogP contribution >= 0.6 is 0 Å². The van der Waals surface area contributed by atoms with Crippen LogP contribution in [0.1, 0.15) is 37.8 Å². The van der Waals surface area contributed by atoms with Crippen molar-refractivity contribution >= 4 is 0 Å². The standard InChI is InChI=1S/C14H22FNO/c1-4-6-16-7-5-14(3,17)12-8-11(2)9-13(15)10-12/h8-10,16-17H,4-7H2,1-3H3. The highest BCUT2D eigenvalue weighted by Crippen LogP contribution is 2.25. The highest BCUT2D eigenvalue weighted by molar-refractivity contribution is 5.28. The molecule has 0 aliphatic rings. The Morgan fingerprint density at radius 1 is 1.29 bits per heavy atom. The summed E-state index contributed by atoms with van der Waals surface area (Å²) in [6.45, 7) is 7.34. The molecule has 0 saturated heterocycles. The van der Waals surface area contributed by atoms with Gasteiger partial charge in [-0.15, -0.1) is 0 Å². The molecule has 0 aliphatic heterocycles. The SMILES string of the molecule is CCCNCCC(C)(O)c1cc(C)cc(F)c1. The van der Waals surface area contributed by atoms with Crippen LogP contribution in [0.15, 0.2) is 18.2 Å². The van der Waals surface area contributed by atoms with Crippen LogP contribution in [0.3, 0.4) is 0 Å². The Morgan fingerprint density at radius 3 is 2.59 bits per heavy atom. The lowest BCUT2D eigenvalue weighted by molar-refractivity contribution is 0.0477. The molecule has 0 heterocycles. The Labute approximate surface area is 103 Å². The fraction of sp³-hybridized carbons (Fsp3) is 0.571. The average molecular weight is 239 g/mol. The molecule has 1 aromatic carbocycles. The topological polar surface area (TPSA) is 32.3 Å². The molecule has 3 heteroatoms. The van der Waals surface area contributed by atoms with Crippen LogP contribution in [0.4, 0.5) is 4.39 Å². The van der Waals surface area contributed by atoms with Gasteiger partial charge >= 0.3 is 0 Å². The zero-order valence-electron chi connectivity index (χ0n) is 10.9. The summed E-state index contributed by atoms with van der Waals surface area (Å²) in [6.07, 6.45) is 1.65. The highest BCUT2D eigenvalue weighted by Gasteiger charge is 2.23. The van der Waals surface area contributed by atoms with E-state index in [1.165, 1.54) is 12.1 Å². The van der Waals surface area contributed by atoms with Gasteiger partial charge in [-0.3, -0.25) is 0 Å². The molecule has 0 aliphatic carbocycles. The van der Waals surface area contributed by atoms with Crippen molar-refractivity contribution in [3.8, 4) is 0 Å². The largest absolute Gasteiger partial charge is 0.385 e. The summed E-state index contributed by atoms with van der Waals surface area (Å²) in [5.74, 6) is -0.290. The zero-order valence-corrected chi connectivity index (χ0v) is 10.9. The third-order valence-corrected chi connectivity index (χ3v) is 2.88. The van der Waals surface area contributed by atoms with Gasteiger partial charge in [0.2, 0.25) is 0 Å². The molecular weight excluding hydrogens is 217 g/mol. The molecule has 1 unspecified atom stereocenters. The van der Waals surface area contributed by atoms with Crippen LogP contribution in [0.5, 0.6) is 0 Å². The smallest absolute Gasteiger partial charge is 0.123 e. The molecule has 0 radical (unpaired) electrons. The quantitative estimate of drug-likeness (QED) is 0.748. The number of nitrogens with one attached hydrogen (secondary N) is 1. The number of aryl methyl sites for hydroxylation is 1. The van der Waals surface area contributed by atoms with Crippen LogP contribution in [0.25, 0.3) is 0 Å². The molecule has 96 valence electrons. The van der Waals surface area contributed by atoms with E-state index in [0.29, 0.717) is 12.0 Å². The van der Waals surface area contributed by atoms with Crippen molar-refractivity contribution in [3.63, 3.8) is 0 Å². The van der Waals surface area contributed by atoms with Crippen molar-refractivity contribution in [1.29, 1.82) is 0 Å². The molecule has 1 atom stereocenters. The second-order valence-corrected chi connectivity index (χ2v) is 4.79. The van der Waals surface area contributed by atoms with Crippen molar-refractivity contribution in [2.75, 3.05) is 13.1 Å². The maximum absolute atomic E-state index is 13.3. The Kier molecular flexibility index (Phi) is 5.09.